The summed E-state index contributed by atoms with van der Waals surface area (Å²) in [5.74, 6) is 1.12. The lowest BCUT2D eigenvalue weighted by atomic mass is 9.95. The van der Waals surface area contributed by atoms with Crippen LogP contribution in [0.15, 0.2) is 23.6 Å². The van der Waals surface area contributed by atoms with Crippen LogP contribution in [0.25, 0.3) is 5.78 Å². The molecule has 0 unspecified atom stereocenters. The minimum Gasteiger partial charge on any atom is -0.327 e. The van der Waals surface area contributed by atoms with Gasteiger partial charge in [-0.05, 0) is 38.3 Å². The number of thioether (sulfide) groups is 1. The van der Waals surface area contributed by atoms with Crippen molar-refractivity contribution in [2.45, 2.75) is 57.1 Å². The van der Waals surface area contributed by atoms with Crippen molar-refractivity contribution in [2.24, 2.45) is 0 Å². The molecule has 9 heteroatoms. The summed E-state index contributed by atoms with van der Waals surface area (Å²) in [5, 5.41) is 17.5. The monoisotopic (exact) mass is 409 g/mol. The minimum absolute atomic E-state index is 0.162. The van der Waals surface area contributed by atoms with Gasteiger partial charge in [-0.2, -0.15) is 10.2 Å². The number of fused-ring (bicyclic) bond motifs is 1. The van der Waals surface area contributed by atoms with E-state index in [1.807, 2.05) is 13.8 Å². The van der Waals surface area contributed by atoms with E-state index in [1.54, 1.807) is 23.0 Å². The molecular formula is C20H23N7OS. The van der Waals surface area contributed by atoms with Gasteiger partial charge in [-0.25, -0.2) is 9.50 Å². The molecule has 1 aliphatic rings. The number of amides is 1. The highest BCUT2D eigenvalue weighted by atomic mass is 32.2. The van der Waals surface area contributed by atoms with Gasteiger partial charge in [-0.15, -0.1) is 5.10 Å². The molecule has 0 radical (unpaired) electrons. The highest BCUT2D eigenvalue weighted by molar-refractivity contribution is 7.99. The fourth-order valence-electron chi connectivity index (χ4n) is 3.96. The van der Waals surface area contributed by atoms with Gasteiger partial charge >= 0.3 is 0 Å². The Kier molecular flexibility index (Phi) is 5.53. The predicted octanol–water partition coefficient (Wildman–Crippen LogP) is 3.65. The Bertz CT molecular complexity index is 1060. The number of carbonyl (C=O) groups is 1. The Morgan fingerprint density at radius 1 is 1.34 bits per heavy atom. The van der Waals surface area contributed by atoms with Crippen molar-refractivity contribution in [3.63, 3.8) is 0 Å². The lowest BCUT2D eigenvalue weighted by molar-refractivity contribution is -0.113. The van der Waals surface area contributed by atoms with Gasteiger partial charge in [0.15, 0.2) is 0 Å². The zero-order valence-corrected chi connectivity index (χ0v) is 17.4. The molecule has 3 heterocycles. The van der Waals surface area contributed by atoms with Gasteiger partial charge in [0.25, 0.3) is 5.78 Å². The first-order valence-corrected chi connectivity index (χ1v) is 10.8. The van der Waals surface area contributed by atoms with Crippen LogP contribution in [0.5, 0.6) is 0 Å². The maximum absolute atomic E-state index is 12.7. The van der Waals surface area contributed by atoms with Crippen LogP contribution < -0.4 is 5.32 Å². The third kappa shape index (κ3) is 3.85. The van der Waals surface area contributed by atoms with Crippen molar-refractivity contribution in [3.05, 3.63) is 35.3 Å². The van der Waals surface area contributed by atoms with Gasteiger partial charge in [0, 0.05) is 24.1 Å². The van der Waals surface area contributed by atoms with Crippen molar-refractivity contribution in [3.8, 4) is 6.07 Å². The van der Waals surface area contributed by atoms with Gasteiger partial charge in [-0.3, -0.25) is 4.79 Å². The number of nitrogens with zero attached hydrogens (tertiary/aromatic N) is 6. The summed E-state index contributed by atoms with van der Waals surface area (Å²) in [6, 6.07) is 4.39. The van der Waals surface area contributed by atoms with Crippen LogP contribution >= 0.6 is 11.8 Å². The fourth-order valence-corrected chi connectivity index (χ4v) is 4.58. The van der Waals surface area contributed by atoms with Gasteiger partial charge in [0.1, 0.15) is 11.9 Å². The summed E-state index contributed by atoms with van der Waals surface area (Å²) in [7, 11) is 0. The summed E-state index contributed by atoms with van der Waals surface area (Å²) in [4.78, 5) is 21.1. The number of nitriles is 1. The molecule has 0 saturated heterocycles. The fraction of sp³-hybridized carbons (Fsp3) is 0.450. The van der Waals surface area contributed by atoms with Gasteiger partial charge in [0.05, 0.1) is 11.3 Å². The molecular weight excluding hydrogens is 386 g/mol. The van der Waals surface area contributed by atoms with E-state index in [1.165, 1.54) is 31.0 Å². The third-order valence-corrected chi connectivity index (χ3v) is 6.33. The predicted molar refractivity (Wildman–Crippen MR) is 111 cm³/mol. The molecule has 0 aliphatic heterocycles. The van der Waals surface area contributed by atoms with E-state index in [2.05, 4.69) is 31.0 Å². The van der Waals surface area contributed by atoms with Gasteiger partial charge in [-0.1, -0.05) is 31.0 Å². The second kappa shape index (κ2) is 8.25. The van der Waals surface area contributed by atoms with E-state index in [0.29, 0.717) is 28.4 Å². The van der Waals surface area contributed by atoms with Crippen LogP contribution in [0.3, 0.4) is 0 Å². The maximum Gasteiger partial charge on any atom is 0.253 e. The van der Waals surface area contributed by atoms with Crippen molar-refractivity contribution in [2.75, 3.05) is 11.1 Å². The molecule has 1 amide bonds. The van der Waals surface area contributed by atoms with Crippen LogP contribution in [0.1, 0.15) is 55.0 Å². The molecule has 1 fully saturated rings. The molecule has 0 bridgehead atoms. The minimum atomic E-state index is -0.173. The standard InChI is InChI=1S/C20H23N7OS/c1-13-14(2)27(15-7-4-3-5-8-15)18(16(13)11-21)23-17(28)12-29-20-24-19-22-9-6-10-26(19)25-20/h6,9-10,15H,3-5,7-8,12H2,1-2H3,(H,23,28). The smallest absolute Gasteiger partial charge is 0.253 e. The first kappa shape index (κ1) is 19.5. The van der Waals surface area contributed by atoms with E-state index < -0.39 is 0 Å². The highest BCUT2D eigenvalue weighted by Gasteiger charge is 2.26. The van der Waals surface area contributed by atoms with Crippen molar-refractivity contribution >= 4 is 29.3 Å². The molecule has 150 valence electrons. The number of hydrogen-bond acceptors (Lipinski definition) is 6. The molecule has 3 aromatic rings. The molecule has 0 spiro atoms. The lowest BCUT2D eigenvalue weighted by Crippen LogP contribution is -2.21. The molecule has 1 saturated carbocycles. The Morgan fingerprint density at radius 2 is 2.14 bits per heavy atom. The number of rotatable bonds is 5. The number of anilines is 1. The zero-order chi connectivity index (χ0) is 20.4. The highest BCUT2D eigenvalue weighted by Crippen LogP contribution is 2.36. The Morgan fingerprint density at radius 3 is 2.86 bits per heavy atom. The Labute approximate surface area is 173 Å². The summed E-state index contributed by atoms with van der Waals surface area (Å²) in [6.45, 7) is 3.98. The summed E-state index contributed by atoms with van der Waals surface area (Å²) >= 11 is 1.25. The quantitative estimate of drug-likeness (QED) is 0.646. The largest absolute Gasteiger partial charge is 0.327 e. The normalized spacial score (nSPS) is 14.8. The first-order chi connectivity index (χ1) is 14.1. The van der Waals surface area contributed by atoms with Crippen LogP contribution in [-0.2, 0) is 4.79 Å². The van der Waals surface area contributed by atoms with Gasteiger partial charge < -0.3 is 9.88 Å². The second-order valence-electron chi connectivity index (χ2n) is 7.30. The summed E-state index contributed by atoms with van der Waals surface area (Å²) in [5.41, 5.74) is 2.56. The molecule has 1 aliphatic carbocycles. The maximum atomic E-state index is 12.7. The SMILES string of the molecule is Cc1c(C#N)c(NC(=O)CSc2nc3ncccn3n2)n(C2CCCCC2)c1C. The average molecular weight is 410 g/mol. The second-order valence-corrected chi connectivity index (χ2v) is 8.25. The van der Waals surface area contributed by atoms with Crippen molar-refractivity contribution in [1.29, 1.82) is 5.26 Å². The van der Waals surface area contributed by atoms with Crippen LogP contribution in [0, 0.1) is 25.2 Å². The molecule has 29 heavy (non-hydrogen) atoms. The van der Waals surface area contributed by atoms with Crippen molar-refractivity contribution in [1.82, 2.24) is 24.1 Å². The molecule has 4 rings (SSSR count). The van der Waals surface area contributed by atoms with Crippen LogP contribution in [0.4, 0.5) is 5.82 Å². The third-order valence-electron chi connectivity index (χ3n) is 5.50. The van der Waals surface area contributed by atoms with E-state index in [-0.39, 0.29) is 11.7 Å². The molecule has 1 N–H and O–H groups in total. The zero-order valence-electron chi connectivity index (χ0n) is 16.6. The topological polar surface area (TPSA) is 101 Å². The van der Waals surface area contributed by atoms with Crippen LogP contribution in [-0.4, -0.2) is 35.8 Å². The number of hydrogen-bond donors (Lipinski definition) is 1. The number of aromatic nitrogens is 5. The van der Waals surface area contributed by atoms with E-state index in [0.717, 1.165) is 24.1 Å². The summed E-state index contributed by atoms with van der Waals surface area (Å²) < 4.78 is 3.75. The first-order valence-electron chi connectivity index (χ1n) is 9.80. The molecule has 0 aromatic carbocycles. The summed E-state index contributed by atoms with van der Waals surface area (Å²) in [6.07, 6.45) is 9.19. The van der Waals surface area contributed by atoms with Crippen molar-refractivity contribution < 1.29 is 4.79 Å². The molecule has 0 atom stereocenters. The molecule has 3 aromatic heterocycles. The van der Waals surface area contributed by atoms with Crippen LogP contribution in [0.2, 0.25) is 0 Å². The average Bonchev–Trinajstić information content (AvgIpc) is 3.25. The van der Waals surface area contributed by atoms with E-state index in [4.69, 9.17) is 0 Å². The van der Waals surface area contributed by atoms with Gasteiger partial charge in [0.2, 0.25) is 11.1 Å². The number of nitrogens with one attached hydrogen (secondary N) is 1. The van der Waals surface area contributed by atoms with E-state index in [9.17, 15) is 10.1 Å². The lowest BCUT2D eigenvalue weighted by Gasteiger charge is -2.27. The molecule has 8 nitrogen and oxygen atoms in total. The number of carbonyl (C=O) groups excluding carboxylic acids is 1. The Balaban J connectivity index is 1.52. The Hall–Kier alpha value is -2.86. The van der Waals surface area contributed by atoms with E-state index >= 15 is 0 Å².